The van der Waals surface area contributed by atoms with Gasteiger partial charge in [-0.05, 0) is 24.6 Å². The number of thiophene rings is 1. The highest BCUT2D eigenvalue weighted by molar-refractivity contribution is 7.18. The normalized spacial score (nSPS) is 10.3. The molecular formula is C17H15Cl2NO6S. The summed E-state index contributed by atoms with van der Waals surface area (Å²) in [6.07, 6.45) is 0. The number of benzene rings is 1. The van der Waals surface area contributed by atoms with E-state index in [1.165, 1.54) is 26.4 Å². The predicted octanol–water partition coefficient (Wildman–Crippen LogP) is 3.95. The summed E-state index contributed by atoms with van der Waals surface area (Å²) >= 11 is 12.7. The third-order valence-electron chi connectivity index (χ3n) is 3.41. The molecule has 1 heterocycles. The number of halogens is 2. The van der Waals surface area contributed by atoms with E-state index in [-0.39, 0.29) is 27.8 Å². The van der Waals surface area contributed by atoms with Gasteiger partial charge >= 0.3 is 11.9 Å². The van der Waals surface area contributed by atoms with Crippen LogP contribution < -0.4 is 10.1 Å². The number of anilines is 1. The van der Waals surface area contributed by atoms with E-state index in [0.29, 0.717) is 15.6 Å². The summed E-state index contributed by atoms with van der Waals surface area (Å²) in [7, 11) is 2.42. The monoisotopic (exact) mass is 431 g/mol. The van der Waals surface area contributed by atoms with E-state index < -0.39 is 17.8 Å². The van der Waals surface area contributed by atoms with Crippen LogP contribution >= 0.6 is 34.5 Å². The summed E-state index contributed by atoms with van der Waals surface area (Å²) < 4.78 is 14.8. The molecule has 0 radical (unpaired) electrons. The second kappa shape index (κ2) is 9.07. The van der Waals surface area contributed by atoms with Gasteiger partial charge in [0.15, 0.2) is 6.61 Å². The second-order valence-electron chi connectivity index (χ2n) is 5.16. The van der Waals surface area contributed by atoms with Crippen LogP contribution in [0.25, 0.3) is 0 Å². The van der Waals surface area contributed by atoms with E-state index >= 15 is 0 Å². The van der Waals surface area contributed by atoms with Gasteiger partial charge in [0.2, 0.25) is 0 Å². The van der Waals surface area contributed by atoms with Gasteiger partial charge in [0.1, 0.15) is 15.6 Å². The molecule has 0 aliphatic carbocycles. The molecule has 0 spiro atoms. The lowest BCUT2D eigenvalue weighted by atomic mass is 10.1. The topological polar surface area (TPSA) is 90.9 Å². The number of carbonyl (C=O) groups is 3. The number of methoxy groups -OCH3 is 2. The molecule has 1 aromatic carbocycles. The van der Waals surface area contributed by atoms with Gasteiger partial charge in [0.05, 0.1) is 24.8 Å². The summed E-state index contributed by atoms with van der Waals surface area (Å²) in [5, 5.41) is 3.39. The van der Waals surface area contributed by atoms with Crippen molar-refractivity contribution >= 4 is 57.4 Å². The quantitative estimate of drug-likeness (QED) is 0.696. The average molecular weight is 432 g/mol. The minimum atomic E-state index is -0.687. The van der Waals surface area contributed by atoms with Crippen LogP contribution in [0.15, 0.2) is 18.2 Å². The molecule has 1 N–H and O–H groups in total. The molecule has 0 saturated carbocycles. The fraction of sp³-hybridized carbons (Fsp3) is 0.235. The molecule has 10 heteroatoms. The molecule has 1 aromatic heterocycles. The summed E-state index contributed by atoms with van der Waals surface area (Å²) in [4.78, 5) is 36.3. The third-order valence-corrected chi connectivity index (χ3v) is 5.15. The predicted molar refractivity (Wildman–Crippen MR) is 102 cm³/mol. The van der Waals surface area contributed by atoms with Crippen molar-refractivity contribution in [2.45, 2.75) is 6.92 Å². The number of amides is 1. The molecule has 7 nitrogen and oxygen atoms in total. The lowest BCUT2D eigenvalue weighted by molar-refractivity contribution is -0.118. The Kier molecular flexibility index (Phi) is 7.06. The van der Waals surface area contributed by atoms with E-state index in [4.69, 9.17) is 32.7 Å². The summed E-state index contributed by atoms with van der Waals surface area (Å²) in [5.74, 6) is -1.63. The highest BCUT2D eigenvalue weighted by Crippen LogP contribution is 2.34. The molecule has 0 saturated heterocycles. The number of carbonyl (C=O) groups excluding carboxylic acids is 3. The van der Waals surface area contributed by atoms with Crippen molar-refractivity contribution in [3.8, 4) is 5.75 Å². The zero-order valence-corrected chi connectivity index (χ0v) is 16.9. The van der Waals surface area contributed by atoms with Gasteiger partial charge < -0.3 is 19.5 Å². The Balaban J connectivity index is 2.20. The van der Waals surface area contributed by atoms with Crippen LogP contribution in [0.3, 0.4) is 0 Å². The smallest absolute Gasteiger partial charge is 0.348 e. The van der Waals surface area contributed by atoms with Crippen molar-refractivity contribution in [3.63, 3.8) is 0 Å². The molecular weight excluding hydrogens is 417 g/mol. The SMILES string of the molecule is COC(=O)c1sc(NC(=O)COc2cc(Cl)ccc2Cl)c(C(=O)OC)c1C. The average Bonchev–Trinajstić information content (AvgIpc) is 2.97. The molecule has 27 heavy (non-hydrogen) atoms. The van der Waals surface area contributed by atoms with Crippen molar-refractivity contribution in [3.05, 3.63) is 44.2 Å². The van der Waals surface area contributed by atoms with Crippen molar-refractivity contribution in [2.75, 3.05) is 26.1 Å². The van der Waals surface area contributed by atoms with Crippen LogP contribution in [-0.4, -0.2) is 38.7 Å². The minimum Gasteiger partial charge on any atom is -0.482 e. The summed E-state index contributed by atoms with van der Waals surface area (Å²) in [6, 6.07) is 4.60. The number of ether oxygens (including phenoxy) is 3. The highest BCUT2D eigenvalue weighted by atomic mass is 35.5. The van der Waals surface area contributed by atoms with Gasteiger partial charge in [0, 0.05) is 11.1 Å². The number of hydrogen-bond donors (Lipinski definition) is 1. The Labute approximate surface area is 169 Å². The number of rotatable bonds is 6. The zero-order chi connectivity index (χ0) is 20.1. The van der Waals surface area contributed by atoms with Gasteiger partial charge in [0.25, 0.3) is 5.91 Å². The van der Waals surface area contributed by atoms with Crippen LogP contribution in [0.4, 0.5) is 5.00 Å². The van der Waals surface area contributed by atoms with Gasteiger partial charge in [-0.15, -0.1) is 11.3 Å². The first-order chi connectivity index (χ1) is 12.8. The van der Waals surface area contributed by atoms with Crippen molar-refractivity contribution in [1.29, 1.82) is 0 Å². The molecule has 0 fully saturated rings. The number of nitrogens with one attached hydrogen (secondary N) is 1. The molecule has 2 aromatic rings. The molecule has 0 unspecified atom stereocenters. The van der Waals surface area contributed by atoms with E-state index in [1.54, 1.807) is 13.0 Å². The summed E-state index contributed by atoms with van der Waals surface area (Å²) in [5.41, 5.74) is 0.435. The van der Waals surface area contributed by atoms with Crippen LogP contribution in [0.2, 0.25) is 10.0 Å². The van der Waals surface area contributed by atoms with E-state index in [0.717, 1.165) is 11.3 Å². The van der Waals surface area contributed by atoms with Crippen LogP contribution in [0.5, 0.6) is 5.75 Å². The standard InChI is InChI=1S/C17H15Cl2NO6S/c1-8-13(16(22)24-2)15(27-14(8)17(23)25-3)20-12(21)7-26-11-6-9(18)4-5-10(11)19/h4-6H,7H2,1-3H3,(H,20,21). The van der Waals surface area contributed by atoms with Crippen LogP contribution in [0.1, 0.15) is 25.6 Å². The van der Waals surface area contributed by atoms with Crippen molar-refractivity contribution in [2.24, 2.45) is 0 Å². The largest absolute Gasteiger partial charge is 0.482 e. The minimum absolute atomic E-state index is 0.0806. The maximum atomic E-state index is 12.2. The summed E-state index contributed by atoms with van der Waals surface area (Å²) in [6.45, 7) is 1.18. The lowest BCUT2D eigenvalue weighted by Crippen LogP contribution is -2.21. The van der Waals surface area contributed by atoms with E-state index in [2.05, 4.69) is 10.1 Å². The maximum Gasteiger partial charge on any atom is 0.348 e. The second-order valence-corrected chi connectivity index (χ2v) is 7.02. The Hall–Kier alpha value is -2.29. The van der Waals surface area contributed by atoms with Gasteiger partial charge in [-0.25, -0.2) is 9.59 Å². The molecule has 0 aliphatic rings. The van der Waals surface area contributed by atoms with Crippen LogP contribution in [-0.2, 0) is 14.3 Å². The molecule has 1 amide bonds. The van der Waals surface area contributed by atoms with E-state index in [1.807, 2.05) is 0 Å². The molecule has 0 aliphatic heterocycles. The molecule has 0 bridgehead atoms. The molecule has 0 atom stereocenters. The first-order valence-electron chi connectivity index (χ1n) is 7.46. The third kappa shape index (κ3) is 4.91. The maximum absolute atomic E-state index is 12.2. The highest BCUT2D eigenvalue weighted by Gasteiger charge is 2.26. The van der Waals surface area contributed by atoms with Crippen molar-refractivity contribution in [1.82, 2.24) is 0 Å². The Bertz CT molecular complexity index is 896. The zero-order valence-electron chi connectivity index (χ0n) is 14.6. The Morgan fingerprint density at radius 3 is 2.41 bits per heavy atom. The van der Waals surface area contributed by atoms with Crippen molar-refractivity contribution < 1.29 is 28.6 Å². The first-order valence-corrected chi connectivity index (χ1v) is 9.03. The van der Waals surface area contributed by atoms with Gasteiger partial charge in [-0.1, -0.05) is 23.2 Å². The van der Waals surface area contributed by atoms with Gasteiger partial charge in [-0.2, -0.15) is 0 Å². The van der Waals surface area contributed by atoms with Gasteiger partial charge in [-0.3, -0.25) is 4.79 Å². The molecule has 2 rings (SSSR count). The van der Waals surface area contributed by atoms with Crippen LogP contribution in [0, 0.1) is 6.92 Å². The number of hydrogen-bond acceptors (Lipinski definition) is 7. The Morgan fingerprint density at radius 1 is 1.11 bits per heavy atom. The Morgan fingerprint density at radius 2 is 1.78 bits per heavy atom. The first kappa shape index (κ1) is 21.0. The molecule has 144 valence electrons. The lowest BCUT2D eigenvalue weighted by Gasteiger charge is -2.09. The van der Waals surface area contributed by atoms with E-state index in [9.17, 15) is 14.4 Å². The number of esters is 2. The fourth-order valence-electron chi connectivity index (χ4n) is 2.13. The fourth-order valence-corrected chi connectivity index (χ4v) is 3.59.